The molecule has 0 saturated carbocycles. The summed E-state index contributed by atoms with van der Waals surface area (Å²) in [4.78, 5) is 8.18. The van der Waals surface area contributed by atoms with Crippen molar-refractivity contribution < 1.29 is 5.11 Å². The maximum atomic E-state index is 9.77. The highest BCUT2D eigenvalue weighted by Gasteiger charge is 2.05. The van der Waals surface area contributed by atoms with Crippen LogP contribution in [0.25, 0.3) is 0 Å². The van der Waals surface area contributed by atoms with Crippen LogP contribution in [-0.4, -0.2) is 16.3 Å². The molecule has 0 saturated heterocycles. The van der Waals surface area contributed by atoms with E-state index in [-0.39, 0.29) is 5.75 Å². The number of rotatable bonds is 2. The summed E-state index contributed by atoms with van der Waals surface area (Å²) in [6.45, 7) is 0. The van der Waals surface area contributed by atoms with Gasteiger partial charge in [-0.05, 0) is 28.1 Å². The summed E-state index contributed by atoms with van der Waals surface area (Å²) < 4.78 is 1.50. The van der Waals surface area contributed by atoms with Crippen LogP contribution in [-0.2, 0) is 0 Å². The Morgan fingerprint density at radius 1 is 1.38 bits per heavy atom. The summed E-state index contributed by atoms with van der Waals surface area (Å²) in [5.74, 6) is 0.170. The van der Waals surface area contributed by atoms with Gasteiger partial charge in [0, 0.05) is 27.8 Å². The summed E-state index contributed by atoms with van der Waals surface area (Å²) >= 11 is 8.05. The van der Waals surface area contributed by atoms with E-state index in [4.69, 9.17) is 0 Å². The molecule has 82 valence electrons. The Balaban J connectivity index is 2.34. The number of hydrogen-bond acceptors (Lipinski definition) is 4. The first-order chi connectivity index (χ1) is 7.66. The molecule has 0 unspecified atom stereocenters. The molecule has 6 heteroatoms. The molecule has 0 bridgehead atoms. The number of aliphatic imine (C=N–C) groups is 1. The van der Waals surface area contributed by atoms with Crippen molar-refractivity contribution in [1.29, 1.82) is 0 Å². The number of aromatic hydroxyl groups is 1. The smallest absolute Gasteiger partial charge is 0.209 e. The van der Waals surface area contributed by atoms with Crippen LogP contribution in [0.5, 0.6) is 5.75 Å². The zero-order valence-corrected chi connectivity index (χ0v) is 11.9. The van der Waals surface area contributed by atoms with Crippen molar-refractivity contribution in [2.75, 3.05) is 0 Å². The van der Waals surface area contributed by atoms with E-state index in [0.29, 0.717) is 15.2 Å². The molecular formula is C10H6Br2N2OS. The maximum absolute atomic E-state index is 9.77. The Morgan fingerprint density at radius 2 is 2.19 bits per heavy atom. The van der Waals surface area contributed by atoms with Gasteiger partial charge in [-0.3, -0.25) is 0 Å². The molecule has 0 amide bonds. The lowest BCUT2D eigenvalue weighted by atomic mass is 10.2. The topological polar surface area (TPSA) is 45.5 Å². The van der Waals surface area contributed by atoms with Crippen LogP contribution in [0.15, 0.2) is 37.6 Å². The number of aromatic nitrogens is 1. The molecule has 2 aromatic rings. The molecule has 3 nitrogen and oxygen atoms in total. The van der Waals surface area contributed by atoms with Crippen molar-refractivity contribution in [1.82, 2.24) is 4.98 Å². The number of halogens is 2. The minimum absolute atomic E-state index is 0.170. The third kappa shape index (κ3) is 2.69. The SMILES string of the molecule is Oc1c(Br)cc(Br)cc1/C=N/c1nccs1. The number of thiazole rings is 1. The number of benzene rings is 1. The van der Waals surface area contributed by atoms with Gasteiger partial charge in [0.25, 0.3) is 0 Å². The first-order valence-electron chi connectivity index (χ1n) is 4.28. The molecule has 0 aliphatic heterocycles. The van der Waals surface area contributed by atoms with E-state index < -0.39 is 0 Å². The van der Waals surface area contributed by atoms with Gasteiger partial charge in [0.1, 0.15) is 5.75 Å². The highest BCUT2D eigenvalue weighted by Crippen LogP contribution is 2.31. The summed E-state index contributed by atoms with van der Waals surface area (Å²) in [7, 11) is 0. The van der Waals surface area contributed by atoms with E-state index in [1.165, 1.54) is 11.3 Å². The predicted molar refractivity (Wildman–Crippen MR) is 72.9 cm³/mol. The van der Waals surface area contributed by atoms with E-state index in [1.54, 1.807) is 24.5 Å². The molecule has 1 aromatic carbocycles. The molecule has 0 aliphatic carbocycles. The molecule has 1 heterocycles. The van der Waals surface area contributed by atoms with Crippen LogP contribution >= 0.6 is 43.2 Å². The van der Waals surface area contributed by atoms with E-state index in [2.05, 4.69) is 41.8 Å². The van der Waals surface area contributed by atoms with Crippen molar-refractivity contribution in [3.8, 4) is 5.75 Å². The lowest BCUT2D eigenvalue weighted by molar-refractivity contribution is 0.471. The van der Waals surface area contributed by atoms with E-state index in [1.807, 2.05) is 5.38 Å². The molecule has 1 N–H and O–H groups in total. The Morgan fingerprint density at radius 3 is 2.88 bits per heavy atom. The van der Waals surface area contributed by atoms with Crippen LogP contribution < -0.4 is 0 Å². The van der Waals surface area contributed by atoms with E-state index in [0.717, 1.165) is 4.47 Å². The van der Waals surface area contributed by atoms with Gasteiger partial charge in [0.15, 0.2) is 0 Å². The predicted octanol–water partition coefficient (Wildman–Crippen LogP) is 4.12. The fourth-order valence-corrected chi connectivity index (χ4v) is 2.83. The molecule has 0 aliphatic rings. The van der Waals surface area contributed by atoms with Gasteiger partial charge < -0.3 is 5.11 Å². The fourth-order valence-electron chi connectivity index (χ4n) is 1.09. The standard InChI is InChI=1S/C10H6Br2N2OS/c11-7-3-6(9(15)8(12)4-7)5-14-10-13-1-2-16-10/h1-5,15H/b14-5+. The zero-order chi connectivity index (χ0) is 11.5. The Hall–Kier alpha value is -0.720. The van der Waals surface area contributed by atoms with Gasteiger partial charge in [0.2, 0.25) is 5.13 Å². The highest BCUT2D eigenvalue weighted by molar-refractivity contribution is 9.11. The molecule has 0 radical (unpaired) electrons. The van der Waals surface area contributed by atoms with Gasteiger partial charge in [0.05, 0.1) is 4.47 Å². The first-order valence-corrected chi connectivity index (χ1v) is 6.75. The van der Waals surface area contributed by atoms with Crippen LogP contribution in [0.4, 0.5) is 5.13 Å². The van der Waals surface area contributed by atoms with E-state index in [9.17, 15) is 5.11 Å². The number of hydrogen-bond donors (Lipinski definition) is 1. The quantitative estimate of drug-likeness (QED) is 0.817. The lowest BCUT2D eigenvalue weighted by Gasteiger charge is -2.02. The minimum Gasteiger partial charge on any atom is -0.506 e. The molecule has 1 aromatic heterocycles. The van der Waals surface area contributed by atoms with Gasteiger partial charge in [-0.2, -0.15) is 0 Å². The van der Waals surface area contributed by atoms with Crippen molar-refractivity contribution in [2.45, 2.75) is 0 Å². The van der Waals surface area contributed by atoms with Gasteiger partial charge in [-0.1, -0.05) is 15.9 Å². The molecule has 0 spiro atoms. The largest absolute Gasteiger partial charge is 0.506 e. The molecule has 16 heavy (non-hydrogen) atoms. The van der Waals surface area contributed by atoms with E-state index >= 15 is 0 Å². The fraction of sp³-hybridized carbons (Fsp3) is 0. The Bertz CT molecular complexity index is 526. The number of phenolic OH excluding ortho intramolecular Hbond substituents is 1. The normalized spacial score (nSPS) is 11.1. The highest BCUT2D eigenvalue weighted by atomic mass is 79.9. The van der Waals surface area contributed by atoms with Crippen molar-refractivity contribution >= 4 is 54.5 Å². The molecule has 0 atom stereocenters. The molecular weight excluding hydrogens is 356 g/mol. The second-order valence-electron chi connectivity index (χ2n) is 2.90. The van der Waals surface area contributed by atoms with Crippen LogP contribution in [0.2, 0.25) is 0 Å². The Kier molecular flexibility index (Phi) is 3.73. The summed E-state index contributed by atoms with van der Waals surface area (Å²) in [6, 6.07) is 3.56. The summed E-state index contributed by atoms with van der Waals surface area (Å²) in [5.41, 5.74) is 0.636. The second-order valence-corrected chi connectivity index (χ2v) is 5.54. The van der Waals surface area contributed by atoms with Gasteiger partial charge >= 0.3 is 0 Å². The Labute approximate surface area is 113 Å². The number of phenols is 1. The summed E-state index contributed by atoms with van der Waals surface area (Å²) in [5, 5.41) is 12.3. The first kappa shape index (κ1) is 11.8. The van der Waals surface area contributed by atoms with Crippen LogP contribution in [0.3, 0.4) is 0 Å². The average molecular weight is 362 g/mol. The second kappa shape index (κ2) is 5.07. The van der Waals surface area contributed by atoms with Crippen molar-refractivity contribution in [3.05, 3.63) is 38.2 Å². The molecule has 0 fully saturated rings. The minimum atomic E-state index is 0.170. The lowest BCUT2D eigenvalue weighted by Crippen LogP contribution is -1.84. The molecule has 2 rings (SSSR count). The third-order valence-electron chi connectivity index (χ3n) is 1.79. The summed E-state index contributed by atoms with van der Waals surface area (Å²) in [6.07, 6.45) is 3.28. The van der Waals surface area contributed by atoms with Gasteiger partial charge in [-0.15, -0.1) is 11.3 Å². The zero-order valence-electron chi connectivity index (χ0n) is 7.89. The van der Waals surface area contributed by atoms with Crippen molar-refractivity contribution in [3.63, 3.8) is 0 Å². The van der Waals surface area contributed by atoms with Gasteiger partial charge in [-0.25, -0.2) is 9.98 Å². The maximum Gasteiger partial charge on any atom is 0.209 e. The van der Waals surface area contributed by atoms with Crippen molar-refractivity contribution in [2.24, 2.45) is 4.99 Å². The van der Waals surface area contributed by atoms with Crippen LogP contribution in [0.1, 0.15) is 5.56 Å². The third-order valence-corrected chi connectivity index (χ3v) is 3.53. The monoisotopic (exact) mass is 360 g/mol. The van der Waals surface area contributed by atoms with Crippen LogP contribution in [0, 0.1) is 0 Å². The number of nitrogens with zero attached hydrogens (tertiary/aromatic N) is 2. The average Bonchev–Trinajstić information content (AvgIpc) is 2.74.